The molecular formula is C10H20N4O4. The molecule has 0 saturated heterocycles. The van der Waals surface area contributed by atoms with Gasteiger partial charge in [-0.05, 0) is 6.92 Å². The summed E-state index contributed by atoms with van der Waals surface area (Å²) < 4.78 is 4.77. The van der Waals surface area contributed by atoms with Gasteiger partial charge in [-0.3, -0.25) is 20.2 Å². The highest BCUT2D eigenvalue weighted by atomic mass is 16.5. The number of rotatable bonds is 7. The second-order valence-electron chi connectivity index (χ2n) is 3.51. The molecule has 0 aliphatic heterocycles. The van der Waals surface area contributed by atoms with Crippen LogP contribution in [0.4, 0.5) is 4.79 Å². The van der Waals surface area contributed by atoms with Gasteiger partial charge in [0.1, 0.15) is 0 Å². The lowest BCUT2D eigenvalue weighted by atomic mass is 10.3. The molecule has 1 atom stereocenters. The minimum atomic E-state index is -0.643. The number of imide groups is 1. The average Bonchev–Trinajstić information content (AvgIpc) is 2.35. The summed E-state index contributed by atoms with van der Waals surface area (Å²) in [6.07, 6.45) is 0. The fourth-order valence-corrected chi connectivity index (χ4v) is 0.976. The molecule has 4 N–H and O–H groups in total. The van der Waals surface area contributed by atoms with Crippen molar-refractivity contribution in [1.82, 2.24) is 21.3 Å². The van der Waals surface area contributed by atoms with Gasteiger partial charge in [-0.15, -0.1) is 0 Å². The first-order chi connectivity index (χ1) is 8.51. The number of ether oxygens (including phenoxy) is 1. The molecular weight excluding hydrogens is 240 g/mol. The van der Waals surface area contributed by atoms with Crippen LogP contribution in [0, 0.1) is 0 Å². The minimum Gasteiger partial charge on any atom is -0.383 e. The van der Waals surface area contributed by atoms with Crippen LogP contribution in [-0.4, -0.2) is 57.7 Å². The van der Waals surface area contributed by atoms with E-state index in [0.29, 0.717) is 13.2 Å². The van der Waals surface area contributed by atoms with Crippen LogP contribution in [0.15, 0.2) is 0 Å². The highest BCUT2D eigenvalue weighted by molar-refractivity contribution is 5.96. The molecule has 0 aromatic carbocycles. The SMILES string of the molecule is CNC(=O)NC(=O)C(C)NCC(=O)NCCOC. The number of carbonyl (C=O) groups excluding carboxylic acids is 3. The molecule has 0 rings (SSSR count). The summed E-state index contributed by atoms with van der Waals surface area (Å²) in [5, 5.41) is 9.65. The lowest BCUT2D eigenvalue weighted by molar-refractivity contribution is -0.122. The fraction of sp³-hybridized carbons (Fsp3) is 0.700. The van der Waals surface area contributed by atoms with Crippen molar-refractivity contribution in [3.63, 3.8) is 0 Å². The van der Waals surface area contributed by atoms with Crippen molar-refractivity contribution < 1.29 is 19.1 Å². The molecule has 0 fully saturated rings. The Morgan fingerprint density at radius 1 is 1.28 bits per heavy atom. The zero-order chi connectivity index (χ0) is 14.0. The molecule has 0 saturated carbocycles. The quantitative estimate of drug-likeness (QED) is 0.403. The van der Waals surface area contributed by atoms with Crippen LogP contribution >= 0.6 is 0 Å². The van der Waals surface area contributed by atoms with Crippen molar-refractivity contribution >= 4 is 17.8 Å². The van der Waals surface area contributed by atoms with E-state index in [1.807, 2.05) is 0 Å². The Balaban J connectivity index is 3.80. The van der Waals surface area contributed by atoms with E-state index in [-0.39, 0.29) is 12.5 Å². The molecule has 1 unspecified atom stereocenters. The summed E-state index contributed by atoms with van der Waals surface area (Å²) in [4.78, 5) is 33.6. The molecule has 0 aromatic heterocycles. The van der Waals surface area contributed by atoms with Crippen LogP contribution in [0.25, 0.3) is 0 Å². The van der Waals surface area contributed by atoms with Crippen molar-refractivity contribution in [1.29, 1.82) is 0 Å². The molecule has 104 valence electrons. The third-order valence-corrected chi connectivity index (χ3v) is 2.05. The topological polar surface area (TPSA) is 109 Å². The van der Waals surface area contributed by atoms with Gasteiger partial charge in [-0.2, -0.15) is 0 Å². The Morgan fingerprint density at radius 3 is 2.50 bits per heavy atom. The van der Waals surface area contributed by atoms with Crippen molar-refractivity contribution in [2.45, 2.75) is 13.0 Å². The first kappa shape index (κ1) is 16.3. The molecule has 0 aliphatic carbocycles. The van der Waals surface area contributed by atoms with Gasteiger partial charge in [0, 0.05) is 20.7 Å². The molecule has 8 heteroatoms. The van der Waals surface area contributed by atoms with Crippen molar-refractivity contribution in [3.05, 3.63) is 0 Å². The maximum absolute atomic E-state index is 11.4. The first-order valence-electron chi connectivity index (χ1n) is 5.52. The van der Waals surface area contributed by atoms with Gasteiger partial charge >= 0.3 is 6.03 Å². The highest BCUT2D eigenvalue weighted by Gasteiger charge is 2.15. The van der Waals surface area contributed by atoms with Gasteiger partial charge in [0.15, 0.2) is 0 Å². The van der Waals surface area contributed by atoms with Crippen LogP contribution in [-0.2, 0) is 14.3 Å². The number of hydrogen-bond donors (Lipinski definition) is 4. The van der Waals surface area contributed by atoms with E-state index in [0.717, 1.165) is 0 Å². The summed E-state index contributed by atoms with van der Waals surface area (Å²) >= 11 is 0. The van der Waals surface area contributed by atoms with Crippen LogP contribution in [0.3, 0.4) is 0 Å². The van der Waals surface area contributed by atoms with Gasteiger partial charge in [0.05, 0.1) is 19.2 Å². The number of carbonyl (C=O) groups is 3. The molecule has 18 heavy (non-hydrogen) atoms. The zero-order valence-electron chi connectivity index (χ0n) is 10.8. The van der Waals surface area contributed by atoms with E-state index >= 15 is 0 Å². The maximum Gasteiger partial charge on any atom is 0.321 e. The Morgan fingerprint density at radius 2 is 1.94 bits per heavy atom. The monoisotopic (exact) mass is 260 g/mol. The second kappa shape index (κ2) is 9.37. The highest BCUT2D eigenvalue weighted by Crippen LogP contribution is 1.81. The number of hydrogen-bond acceptors (Lipinski definition) is 5. The Hall–Kier alpha value is -1.67. The average molecular weight is 260 g/mol. The Kier molecular flexibility index (Phi) is 8.50. The van der Waals surface area contributed by atoms with E-state index < -0.39 is 18.0 Å². The van der Waals surface area contributed by atoms with Crippen LogP contribution in [0.1, 0.15) is 6.92 Å². The van der Waals surface area contributed by atoms with Gasteiger partial charge in [-0.1, -0.05) is 0 Å². The smallest absolute Gasteiger partial charge is 0.321 e. The van der Waals surface area contributed by atoms with Crippen molar-refractivity contribution in [2.24, 2.45) is 0 Å². The number of amides is 4. The van der Waals surface area contributed by atoms with Crippen LogP contribution in [0.5, 0.6) is 0 Å². The molecule has 0 bridgehead atoms. The first-order valence-corrected chi connectivity index (χ1v) is 5.52. The normalized spacial score (nSPS) is 11.5. The fourth-order valence-electron chi connectivity index (χ4n) is 0.976. The lowest BCUT2D eigenvalue weighted by Gasteiger charge is -2.13. The summed E-state index contributed by atoms with van der Waals surface area (Å²) in [7, 11) is 2.94. The van der Waals surface area contributed by atoms with E-state index in [2.05, 4.69) is 21.3 Å². The second-order valence-corrected chi connectivity index (χ2v) is 3.51. The zero-order valence-corrected chi connectivity index (χ0v) is 10.8. The van der Waals surface area contributed by atoms with Crippen LogP contribution < -0.4 is 21.3 Å². The van der Waals surface area contributed by atoms with Gasteiger partial charge in [0.25, 0.3) is 0 Å². The maximum atomic E-state index is 11.4. The lowest BCUT2D eigenvalue weighted by Crippen LogP contribution is -2.49. The van der Waals surface area contributed by atoms with Gasteiger partial charge in [-0.25, -0.2) is 4.79 Å². The summed E-state index contributed by atoms with van der Waals surface area (Å²) in [5.74, 6) is -0.745. The largest absolute Gasteiger partial charge is 0.383 e. The summed E-state index contributed by atoms with van der Waals surface area (Å²) in [6.45, 7) is 2.39. The predicted molar refractivity (Wildman–Crippen MR) is 64.9 cm³/mol. The molecule has 8 nitrogen and oxygen atoms in total. The molecule has 0 heterocycles. The molecule has 0 spiro atoms. The van der Waals surface area contributed by atoms with E-state index in [1.165, 1.54) is 14.2 Å². The van der Waals surface area contributed by atoms with Crippen molar-refractivity contribution in [3.8, 4) is 0 Å². The Labute approximate surface area is 106 Å². The van der Waals surface area contributed by atoms with Crippen LogP contribution in [0.2, 0.25) is 0 Å². The van der Waals surface area contributed by atoms with E-state index in [4.69, 9.17) is 4.74 Å². The van der Waals surface area contributed by atoms with Gasteiger partial charge < -0.3 is 15.4 Å². The standard InChI is InChI=1S/C10H20N4O4/c1-7(9(16)14-10(17)11-2)13-6-8(15)12-4-5-18-3/h7,13H,4-6H2,1-3H3,(H,12,15)(H2,11,14,16,17). The Bertz CT molecular complexity index is 296. The minimum absolute atomic E-state index is 0.00789. The molecule has 0 aromatic rings. The molecule has 0 radical (unpaired) electrons. The van der Waals surface area contributed by atoms with Gasteiger partial charge in [0.2, 0.25) is 11.8 Å². The predicted octanol–water partition coefficient (Wildman–Crippen LogP) is -1.82. The van der Waals surface area contributed by atoms with E-state index in [9.17, 15) is 14.4 Å². The molecule has 4 amide bonds. The number of urea groups is 1. The third-order valence-electron chi connectivity index (χ3n) is 2.05. The summed E-state index contributed by atoms with van der Waals surface area (Å²) in [6, 6.07) is -1.23. The number of nitrogens with one attached hydrogen (secondary N) is 4. The number of methoxy groups -OCH3 is 1. The van der Waals surface area contributed by atoms with E-state index in [1.54, 1.807) is 6.92 Å². The third kappa shape index (κ3) is 7.58. The van der Waals surface area contributed by atoms with Crippen molar-refractivity contribution in [2.75, 3.05) is 33.9 Å². The summed E-state index contributed by atoms with van der Waals surface area (Å²) in [5.41, 5.74) is 0. The molecule has 0 aliphatic rings.